The molecule has 3 aliphatic carbocycles. The summed E-state index contributed by atoms with van der Waals surface area (Å²) >= 11 is 0. The molecule has 19 heavy (non-hydrogen) atoms. The maximum absolute atomic E-state index is 9.14. The van der Waals surface area contributed by atoms with Crippen molar-refractivity contribution in [1.82, 2.24) is 10.1 Å². The Morgan fingerprint density at radius 3 is 2.74 bits per heavy atom. The Labute approximate surface area is 113 Å². The maximum atomic E-state index is 9.14. The molecular weight excluding hydrogens is 238 g/mol. The average molecular weight is 257 g/mol. The minimum atomic E-state index is -0.00671. The van der Waals surface area contributed by atoms with Crippen molar-refractivity contribution in [2.75, 3.05) is 0 Å². The lowest BCUT2D eigenvalue weighted by molar-refractivity contribution is 0.345. The summed E-state index contributed by atoms with van der Waals surface area (Å²) in [5, 5.41) is 13.4. The largest absolute Gasteiger partial charge is 0.339 e. The van der Waals surface area contributed by atoms with Gasteiger partial charge in [-0.2, -0.15) is 10.2 Å². The molecule has 0 amide bonds. The quantitative estimate of drug-likeness (QED) is 0.816. The van der Waals surface area contributed by atoms with Gasteiger partial charge in [-0.15, -0.1) is 0 Å². The molecular formula is C15H19N3O. The molecule has 1 aromatic rings. The summed E-state index contributed by atoms with van der Waals surface area (Å²) in [6.07, 6.45) is 5.30. The van der Waals surface area contributed by atoms with E-state index in [0.717, 1.165) is 17.7 Å². The minimum absolute atomic E-state index is 0.00671. The summed E-state index contributed by atoms with van der Waals surface area (Å²) in [6.45, 7) is 4.21. The Bertz CT molecular complexity index is 556. The third-order valence-corrected chi connectivity index (χ3v) is 5.76. The first-order chi connectivity index (χ1) is 9.11. The van der Waals surface area contributed by atoms with Crippen molar-refractivity contribution in [1.29, 1.82) is 5.26 Å². The van der Waals surface area contributed by atoms with Crippen LogP contribution in [0.4, 0.5) is 0 Å². The summed E-state index contributed by atoms with van der Waals surface area (Å²) < 4.78 is 5.46. The number of nitrogens with zero attached hydrogens (tertiary/aromatic N) is 3. The van der Waals surface area contributed by atoms with Crippen LogP contribution < -0.4 is 0 Å². The summed E-state index contributed by atoms with van der Waals surface area (Å²) in [5.74, 6) is 3.93. The molecule has 3 fully saturated rings. The van der Waals surface area contributed by atoms with Gasteiger partial charge in [0.05, 0.1) is 17.9 Å². The third-order valence-electron chi connectivity index (χ3n) is 5.76. The van der Waals surface area contributed by atoms with Gasteiger partial charge in [-0.25, -0.2) is 0 Å². The lowest BCUT2D eigenvalue weighted by atomic mass is 9.88. The van der Waals surface area contributed by atoms with Gasteiger partial charge in [0.2, 0.25) is 5.89 Å². The fraction of sp³-hybridized carbons (Fsp3) is 0.800. The second kappa shape index (κ2) is 3.59. The summed E-state index contributed by atoms with van der Waals surface area (Å²) in [6, 6.07) is 2.36. The van der Waals surface area contributed by atoms with Crippen molar-refractivity contribution in [3.63, 3.8) is 0 Å². The second-order valence-corrected chi connectivity index (χ2v) is 7.18. The maximum Gasteiger partial charge on any atom is 0.231 e. The summed E-state index contributed by atoms with van der Waals surface area (Å²) in [4.78, 5) is 4.64. The van der Waals surface area contributed by atoms with E-state index in [1.165, 1.54) is 25.7 Å². The van der Waals surface area contributed by atoms with Crippen LogP contribution in [0.15, 0.2) is 4.52 Å². The number of nitriles is 1. The second-order valence-electron chi connectivity index (χ2n) is 7.18. The van der Waals surface area contributed by atoms with Gasteiger partial charge in [0.1, 0.15) is 0 Å². The standard InChI is InChI=1S/C15H19N3O/c1-15(2)11(7-16)12(15)14-17-13(18-19-14)10-6-8-3-4-9(10)5-8/h8-12H,3-6H2,1-2H3. The van der Waals surface area contributed by atoms with E-state index < -0.39 is 0 Å². The number of aromatic nitrogens is 2. The van der Waals surface area contributed by atoms with Gasteiger partial charge in [0.15, 0.2) is 5.82 Å². The fourth-order valence-corrected chi connectivity index (χ4v) is 4.42. The van der Waals surface area contributed by atoms with E-state index in [1.807, 2.05) is 0 Å². The summed E-state index contributed by atoms with van der Waals surface area (Å²) in [7, 11) is 0. The van der Waals surface area contributed by atoms with E-state index in [2.05, 4.69) is 30.1 Å². The highest BCUT2D eigenvalue weighted by Crippen LogP contribution is 2.63. The Kier molecular flexibility index (Phi) is 2.17. The van der Waals surface area contributed by atoms with E-state index >= 15 is 0 Å². The molecule has 4 rings (SSSR count). The van der Waals surface area contributed by atoms with Crippen LogP contribution >= 0.6 is 0 Å². The molecule has 3 saturated carbocycles. The monoisotopic (exact) mass is 257 g/mol. The zero-order chi connectivity index (χ0) is 13.2. The number of hydrogen-bond donors (Lipinski definition) is 0. The molecule has 0 saturated heterocycles. The van der Waals surface area contributed by atoms with Gasteiger partial charge in [0, 0.05) is 5.92 Å². The molecule has 5 atom stereocenters. The topological polar surface area (TPSA) is 62.7 Å². The van der Waals surface area contributed by atoms with E-state index in [9.17, 15) is 0 Å². The Morgan fingerprint density at radius 1 is 1.32 bits per heavy atom. The average Bonchev–Trinajstić information content (AvgIpc) is 2.92. The number of hydrogen-bond acceptors (Lipinski definition) is 4. The fourth-order valence-electron chi connectivity index (χ4n) is 4.42. The molecule has 2 bridgehead atoms. The van der Waals surface area contributed by atoms with E-state index in [-0.39, 0.29) is 17.3 Å². The van der Waals surface area contributed by atoms with Crippen molar-refractivity contribution in [3.8, 4) is 6.07 Å². The molecule has 0 aromatic carbocycles. The highest BCUT2D eigenvalue weighted by Gasteiger charge is 2.62. The van der Waals surface area contributed by atoms with E-state index in [0.29, 0.717) is 11.8 Å². The molecule has 0 aliphatic heterocycles. The van der Waals surface area contributed by atoms with Crippen LogP contribution in [0, 0.1) is 34.5 Å². The SMILES string of the molecule is CC1(C)C(C#N)C1c1nc(C2CC3CCC2C3)no1. The van der Waals surface area contributed by atoms with Gasteiger partial charge in [-0.3, -0.25) is 0 Å². The third kappa shape index (κ3) is 1.51. The van der Waals surface area contributed by atoms with E-state index in [4.69, 9.17) is 9.78 Å². The molecule has 3 aliphatic rings. The molecule has 100 valence electrons. The Morgan fingerprint density at radius 2 is 2.16 bits per heavy atom. The van der Waals surface area contributed by atoms with Crippen LogP contribution in [0.3, 0.4) is 0 Å². The highest BCUT2D eigenvalue weighted by atomic mass is 16.5. The van der Waals surface area contributed by atoms with Crippen LogP contribution in [0.1, 0.15) is 63.1 Å². The highest BCUT2D eigenvalue weighted by molar-refractivity contribution is 5.26. The van der Waals surface area contributed by atoms with Crippen LogP contribution in [-0.4, -0.2) is 10.1 Å². The van der Waals surface area contributed by atoms with Crippen molar-refractivity contribution < 1.29 is 4.52 Å². The number of fused-ring (bicyclic) bond motifs is 2. The van der Waals surface area contributed by atoms with Crippen molar-refractivity contribution in [2.45, 2.75) is 51.4 Å². The van der Waals surface area contributed by atoms with Gasteiger partial charge in [-0.05, 0) is 36.5 Å². The molecule has 0 spiro atoms. The number of rotatable bonds is 2. The van der Waals surface area contributed by atoms with Crippen molar-refractivity contribution in [2.24, 2.45) is 23.2 Å². The molecule has 4 nitrogen and oxygen atoms in total. The van der Waals surface area contributed by atoms with Crippen LogP contribution in [-0.2, 0) is 0 Å². The predicted octanol–water partition coefficient (Wildman–Crippen LogP) is 3.24. The molecule has 1 heterocycles. The van der Waals surface area contributed by atoms with Crippen LogP contribution in [0.25, 0.3) is 0 Å². The van der Waals surface area contributed by atoms with E-state index in [1.54, 1.807) is 0 Å². The first-order valence-corrected chi connectivity index (χ1v) is 7.34. The predicted molar refractivity (Wildman–Crippen MR) is 68.1 cm³/mol. The normalized spacial score (nSPS) is 42.3. The smallest absolute Gasteiger partial charge is 0.231 e. The van der Waals surface area contributed by atoms with Crippen molar-refractivity contribution in [3.05, 3.63) is 11.7 Å². The molecule has 1 aromatic heterocycles. The van der Waals surface area contributed by atoms with Gasteiger partial charge in [0.25, 0.3) is 0 Å². The van der Waals surface area contributed by atoms with Crippen LogP contribution in [0.2, 0.25) is 0 Å². The molecule has 4 heteroatoms. The van der Waals surface area contributed by atoms with Crippen LogP contribution in [0.5, 0.6) is 0 Å². The van der Waals surface area contributed by atoms with Crippen molar-refractivity contribution >= 4 is 0 Å². The Hall–Kier alpha value is -1.37. The van der Waals surface area contributed by atoms with Gasteiger partial charge in [-0.1, -0.05) is 25.4 Å². The zero-order valence-electron chi connectivity index (χ0n) is 11.5. The van der Waals surface area contributed by atoms with Gasteiger partial charge < -0.3 is 4.52 Å². The minimum Gasteiger partial charge on any atom is -0.339 e. The molecule has 5 unspecified atom stereocenters. The lowest BCUT2D eigenvalue weighted by Gasteiger charge is -2.17. The summed E-state index contributed by atoms with van der Waals surface area (Å²) in [5.41, 5.74) is -0.00671. The van der Waals surface area contributed by atoms with Gasteiger partial charge >= 0.3 is 0 Å². The molecule has 0 radical (unpaired) electrons. The first-order valence-electron chi connectivity index (χ1n) is 7.34. The zero-order valence-corrected chi connectivity index (χ0v) is 11.5. The first kappa shape index (κ1) is 11.5. The lowest BCUT2D eigenvalue weighted by Crippen LogP contribution is -2.10. The Balaban J connectivity index is 1.57. The molecule has 0 N–H and O–H groups in total.